The van der Waals surface area contributed by atoms with Crippen LogP contribution in [0.2, 0.25) is 0 Å². The van der Waals surface area contributed by atoms with E-state index in [0.717, 1.165) is 16.8 Å². The van der Waals surface area contributed by atoms with Gasteiger partial charge >= 0.3 is 0 Å². The zero-order valence-corrected chi connectivity index (χ0v) is 18.9. The highest BCUT2D eigenvalue weighted by Gasteiger charge is 2.46. The van der Waals surface area contributed by atoms with E-state index < -0.39 is 5.41 Å². The van der Waals surface area contributed by atoms with Crippen LogP contribution in [-0.2, 0) is 11.2 Å². The predicted octanol–water partition coefficient (Wildman–Crippen LogP) is 3.98. The molecule has 2 N–H and O–H groups in total. The lowest BCUT2D eigenvalue weighted by Crippen LogP contribution is -2.47. The molecule has 1 aromatic heterocycles. The summed E-state index contributed by atoms with van der Waals surface area (Å²) in [6.45, 7) is 6.72. The Morgan fingerprint density at radius 1 is 1.09 bits per heavy atom. The Balaban J connectivity index is 1.57. The van der Waals surface area contributed by atoms with E-state index in [1.165, 1.54) is 5.56 Å². The maximum absolute atomic E-state index is 13.3. The SMILES string of the molecule is Cc1[nH]ncc1C(=O)N1CCC(Cc2ccc(-c3ccccc3)cc2)(C(=O)NC(C)C)C1. The fraction of sp³-hybridized carbons (Fsp3) is 0.346. The molecular formula is C26H30N4O2. The highest BCUT2D eigenvalue weighted by Crippen LogP contribution is 2.36. The van der Waals surface area contributed by atoms with Gasteiger partial charge in [0.25, 0.3) is 5.91 Å². The Kier molecular flexibility index (Phi) is 6.12. The molecule has 1 aliphatic heterocycles. The van der Waals surface area contributed by atoms with Crippen molar-refractivity contribution in [3.05, 3.63) is 77.6 Å². The number of likely N-dealkylation sites (tertiary alicyclic amines) is 1. The summed E-state index contributed by atoms with van der Waals surface area (Å²) in [5, 5.41) is 9.89. The molecular weight excluding hydrogens is 400 g/mol. The lowest BCUT2D eigenvalue weighted by atomic mass is 9.79. The van der Waals surface area contributed by atoms with Crippen molar-refractivity contribution < 1.29 is 9.59 Å². The van der Waals surface area contributed by atoms with Crippen LogP contribution in [0.3, 0.4) is 0 Å². The molecule has 1 fully saturated rings. The van der Waals surface area contributed by atoms with E-state index in [-0.39, 0.29) is 17.9 Å². The summed E-state index contributed by atoms with van der Waals surface area (Å²) >= 11 is 0. The van der Waals surface area contributed by atoms with Gasteiger partial charge in [0.15, 0.2) is 0 Å². The second-order valence-electron chi connectivity index (χ2n) is 9.03. The van der Waals surface area contributed by atoms with Crippen molar-refractivity contribution >= 4 is 11.8 Å². The second-order valence-corrected chi connectivity index (χ2v) is 9.03. The molecule has 0 aliphatic carbocycles. The summed E-state index contributed by atoms with van der Waals surface area (Å²) in [5.41, 5.74) is 4.07. The van der Waals surface area contributed by atoms with Gasteiger partial charge in [0.2, 0.25) is 5.91 Å². The van der Waals surface area contributed by atoms with Gasteiger partial charge in [-0.15, -0.1) is 0 Å². The van der Waals surface area contributed by atoms with Crippen LogP contribution in [0.4, 0.5) is 0 Å². The number of nitrogens with one attached hydrogen (secondary N) is 2. The van der Waals surface area contributed by atoms with E-state index in [4.69, 9.17) is 0 Å². The molecule has 1 unspecified atom stereocenters. The third-order valence-corrected chi connectivity index (χ3v) is 6.21. The first-order valence-corrected chi connectivity index (χ1v) is 11.1. The predicted molar refractivity (Wildman–Crippen MR) is 125 cm³/mol. The van der Waals surface area contributed by atoms with Crippen molar-refractivity contribution in [2.75, 3.05) is 13.1 Å². The number of aromatic amines is 1. The largest absolute Gasteiger partial charge is 0.353 e. The van der Waals surface area contributed by atoms with Crippen LogP contribution in [0.5, 0.6) is 0 Å². The number of nitrogens with zero attached hydrogens (tertiary/aromatic N) is 2. The van der Waals surface area contributed by atoms with Gasteiger partial charge < -0.3 is 10.2 Å². The number of carbonyl (C=O) groups is 2. The number of benzene rings is 2. The summed E-state index contributed by atoms with van der Waals surface area (Å²) in [4.78, 5) is 28.2. The van der Waals surface area contributed by atoms with Gasteiger partial charge in [-0.2, -0.15) is 5.10 Å². The van der Waals surface area contributed by atoms with Crippen molar-refractivity contribution in [1.82, 2.24) is 20.4 Å². The number of hydrogen-bond donors (Lipinski definition) is 2. The highest BCUT2D eigenvalue weighted by atomic mass is 16.2. The Morgan fingerprint density at radius 3 is 2.41 bits per heavy atom. The Bertz CT molecular complexity index is 1090. The highest BCUT2D eigenvalue weighted by molar-refractivity contribution is 5.96. The minimum Gasteiger partial charge on any atom is -0.353 e. The zero-order chi connectivity index (χ0) is 22.7. The summed E-state index contributed by atoms with van der Waals surface area (Å²) in [7, 11) is 0. The number of rotatable bonds is 6. The van der Waals surface area contributed by atoms with Gasteiger partial charge in [-0.05, 0) is 50.3 Å². The second kappa shape index (κ2) is 8.99. The number of H-pyrrole nitrogens is 1. The molecule has 0 spiro atoms. The Morgan fingerprint density at radius 2 is 1.78 bits per heavy atom. The van der Waals surface area contributed by atoms with E-state index in [2.05, 4.69) is 51.9 Å². The number of carbonyl (C=O) groups excluding carboxylic acids is 2. The molecule has 166 valence electrons. The molecule has 32 heavy (non-hydrogen) atoms. The van der Waals surface area contributed by atoms with Crippen LogP contribution in [0, 0.1) is 12.3 Å². The molecule has 2 heterocycles. The molecule has 2 amide bonds. The quantitative estimate of drug-likeness (QED) is 0.621. The third kappa shape index (κ3) is 4.44. The Hall–Kier alpha value is -3.41. The summed E-state index contributed by atoms with van der Waals surface area (Å²) < 4.78 is 0. The van der Waals surface area contributed by atoms with Crippen molar-refractivity contribution in [3.8, 4) is 11.1 Å². The van der Waals surface area contributed by atoms with Gasteiger partial charge in [-0.25, -0.2) is 0 Å². The van der Waals surface area contributed by atoms with E-state index in [0.29, 0.717) is 31.5 Å². The number of aryl methyl sites for hydroxylation is 1. The fourth-order valence-electron chi connectivity index (χ4n) is 4.44. The minimum atomic E-state index is -0.647. The first-order valence-electron chi connectivity index (χ1n) is 11.1. The smallest absolute Gasteiger partial charge is 0.257 e. The molecule has 6 heteroatoms. The normalized spacial score (nSPS) is 18.2. The summed E-state index contributed by atoms with van der Waals surface area (Å²) in [5.74, 6) is -0.0613. The molecule has 2 aromatic carbocycles. The van der Waals surface area contributed by atoms with E-state index in [1.54, 1.807) is 11.1 Å². The monoisotopic (exact) mass is 430 g/mol. The van der Waals surface area contributed by atoms with Crippen molar-refractivity contribution in [2.45, 2.75) is 39.7 Å². The maximum Gasteiger partial charge on any atom is 0.257 e. The number of hydrogen-bond acceptors (Lipinski definition) is 3. The minimum absolute atomic E-state index is 0.0128. The van der Waals surface area contributed by atoms with E-state index in [1.807, 2.05) is 39.0 Å². The first kappa shape index (κ1) is 21.8. The van der Waals surface area contributed by atoms with Gasteiger partial charge in [0.1, 0.15) is 0 Å². The van der Waals surface area contributed by atoms with Crippen LogP contribution in [-0.4, -0.2) is 46.0 Å². The molecule has 0 radical (unpaired) electrons. The lowest BCUT2D eigenvalue weighted by Gasteiger charge is -2.29. The molecule has 4 rings (SSSR count). The van der Waals surface area contributed by atoms with Crippen molar-refractivity contribution in [3.63, 3.8) is 0 Å². The molecule has 1 saturated heterocycles. The molecule has 1 atom stereocenters. The van der Waals surface area contributed by atoms with Gasteiger partial charge in [0, 0.05) is 24.8 Å². The molecule has 1 aliphatic rings. The van der Waals surface area contributed by atoms with Crippen LogP contribution < -0.4 is 5.32 Å². The number of amides is 2. The van der Waals surface area contributed by atoms with Crippen molar-refractivity contribution in [1.29, 1.82) is 0 Å². The molecule has 3 aromatic rings. The van der Waals surface area contributed by atoms with Crippen LogP contribution >= 0.6 is 0 Å². The fourth-order valence-corrected chi connectivity index (χ4v) is 4.44. The van der Waals surface area contributed by atoms with Crippen LogP contribution in [0.1, 0.15) is 41.9 Å². The summed E-state index contributed by atoms with van der Waals surface area (Å²) in [6.07, 6.45) is 2.79. The van der Waals surface area contributed by atoms with Gasteiger partial charge in [-0.3, -0.25) is 14.7 Å². The topological polar surface area (TPSA) is 78.1 Å². The van der Waals surface area contributed by atoms with Crippen LogP contribution in [0.15, 0.2) is 60.8 Å². The lowest BCUT2D eigenvalue weighted by molar-refractivity contribution is -0.130. The van der Waals surface area contributed by atoms with Gasteiger partial charge in [-0.1, -0.05) is 54.6 Å². The van der Waals surface area contributed by atoms with Gasteiger partial charge in [0.05, 0.1) is 17.2 Å². The first-order chi connectivity index (χ1) is 15.4. The van der Waals surface area contributed by atoms with Crippen molar-refractivity contribution in [2.24, 2.45) is 5.41 Å². The van der Waals surface area contributed by atoms with Crippen LogP contribution in [0.25, 0.3) is 11.1 Å². The van der Waals surface area contributed by atoms with E-state index >= 15 is 0 Å². The molecule has 0 bridgehead atoms. The third-order valence-electron chi connectivity index (χ3n) is 6.21. The van der Waals surface area contributed by atoms with E-state index in [9.17, 15) is 9.59 Å². The maximum atomic E-state index is 13.3. The molecule has 0 saturated carbocycles. The average Bonchev–Trinajstić information content (AvgIpc) is 3.41. The molecule has 6 nitrogen and oxygen atoms in total. The number of aromatic nitrogens is 2. The standard InChI is InChI=1S/C26H30N4O2/c1-18(2)28-25(32)26(13-14-30(17-26)24(31)23-16-27-29-19(23)3)15-20-9-11-22(12-10-20)21-7-5-4-6-8-21/h4-12,16,18H,13-15,17H2,1-3H3,(H,27,29)(H,28,32). The average molecular weight is 431 g/mol. The summed E-state index contributed by atoms with van der Waals surface area (Å²) in [6, 6.07) is 18.7. The Labute approximate surface area is 189 Å². The zero-order valence-electron chi connectivity index (χ0n) is 18.9.